The minimum Gasteiger partial charge on any atom is -0.271 e. The molecule has 0 saturated heterocycles. The van der Waals surface area contributed by atoms with Gasteiger partial charge in [0.2, 0.25) is 0 Å². The van der Waals surface area contributed by atoms with Gasteiger partial charge in [-0.15, -0.1) is 0 Å². The van der Waals surface area contributed by atoms with Gasteiger partial charge in [0.25, 0.3) is 0 Å². The SMILES string of the molecule is CC(C)CCC(NN)c1ccc(Br)cc1F. The van der Waals surface area contributed by atoms with Crippen LogP contribution in [0.2, 0.25) is 0 Å². The number of nitrogens with two attached hydrogens (primary N) is 1. The Morgan fingerprint density at radius 2 is 2.06 bits per heavy atom. The predicted octanol–water partition coefficient (Wildman–Crippen LogP) is 3.53. The summed E-state index contributed by atoms with van der Waals surface area (Å²) in [7, 11) is 0. The molecule has 2 nitrogen and oxygen atoms in total. The summed E-state index contributed by atoms with van der Waals surface area (Å²) in [6.07, 6.45) is 1.86. The summed E-state index contributed by atoms with van der Waals surface area (Å²) in [5.41, 5.74) is 3.31. The molecule has 1 aromatic rings. The van der Waals surface area contributed by atoms with Gasteiger partial charge in [-0.1, -0.05) is 35.8 Å². The third-order valence-corrected chi connectivity index (χ3v) is 3.07. The molecular formula is C12H18BrFN2. The second kappa shape index (κ2) is 6.33. The smallest absolute Gasteiger partial charge is 0.129 e. The molecule has 0 aromatic heterocycles. The van der Waals surface area contributed by atoms with Gasteiger partial charge in [0, 0.05) is 16.1 Å². The first-order valence-corrected chi connectivity index (χ1v) is 6.25. The van der Waals surface area contributed by atoms with E-state index in [-0.39, 0.29) is 11.9 Å². The van der Waals surface area contributed by atoms with E-state index in [0.717, 1.165) is 17.3 Å². The largest absolute Gasteiger partial charge is 0.271 e. The van der Waals surface area contributed by atoms with Gasteiger partial charge in [0.05, 0.1) is 0 Å². The molecule has 1 aromatic carbocycles. The lowest BCUT2D eigenvalue weighted by Gasteiger charge is -2.18. The zero-order valence-corrected chi connectivity index (χ0v) is 11.2. The van der Waals surface area contributed by atoms with Gasteiger partial charge in [-0.3, -0.25) is 11.3 Å². The summed E-state index contributed by atoms with van der Waals surface area (Å²) in [6, 6.07) is 4.95. The number of rotatable bonds is 5. The molecule has 0 aliphatic heterocycles. The highest BCUT2D eigenvalue weighted by atomic mass is 79.9. The lowest BCUT2D eigenvalue weighted by atomic mass is 9.98. The Balaban J connectivity index is 2.78. The van der Waals surface area contributed by atoms with E-state index >= 15 is 0 Å². The lowest BCUT2D eigenvalue weighted by molar-refractivity contribution is 0.433. The Morgan fingerprint density at radius 3 is 2.56 bits per heavy atom. The van der Waals surface area contributed by atoms with Crippen molar-refractivity contribution in [1.82, 2.24) is 5.43 Å². The third kappa shape index (κ3) is 3.85. The standard InChI is InChI=1S/C12H18BrFN2/c1-8(2)3-6-12(16-15)10-5-4-9(13)7-11(10)14/h4-5,7-8,12,16H,3,6,15H2,1-2H3. The van der Waals surface area contributed by atoms with Crippen LogP contribution in [0.5, 0.6) is 0 Å². The highest BCUT2D eigenvalue weighted by Gasteiger charge is 2.14. The minimum atomic E-state index is -0.221. The summed E-state index contributed by atoms with van der Waals surface area (Å²) < 4.78 is 14.4. The van der Waals surface area contributed by atoms with E-state index in [4.69, 9.17) is 5.84 Å². The molecule has 1 atom stereocenters. The Labute approximate surface area is 105 Å². The second-order valence-electron chi connectivity index (χ2n) is 4.36. The Hall–Kier alpha value is -0.450. The molecule has 3 N–H and O–H groups in total. The molecule has 0 amide bonds. The fraction of sp³-hybridized carbons (Fsp3) is 0.500. The molecule has 0 fully saturated rings. The van der Waals surface area contributed by atoms with Crippen molar-refractivity contribution in [3.63, 3.8) is 0 Å². The zero-order valence-electron chi connectivity index (χ0n) is 9.63. The van der Waals surface area contributed by atoms with Crippen molar-refractivity contribution in [2.75, 3.05) is 0 Å². The molecule has 4 heteroatoms. The van der Waals surface area contributed by atoms with Crippen molar-refractivity contribution in [2.45, 2.75) is 32.7 Å². The summed E-state index contributed by atoms with van der Waals surface area (Å²) in [4.78, 5) is 0. The second-order valence-corrected chi connectivity index (χ2v) is 5.27. The lowest BCUT2D eigenvalue weighted by Crippen LogP contribution is -2.29. The van der Waals surface area contributed by atoms with Crippen LogP contribution < -0.4 is 11.3 Å². The van der Waals surface area contributed by atoms with Crippen LogP contribution in [-0.2, 0) is 0 Å². The number of hydrogen-bond donors (Lipinski definition) is 2. The van der Waals surface area contributed by atoms with E-state index in [2.05, 4.69) is 35.2 Å². The van der Waals surface area contributed by atoms with Gasteiger partial charge >= 0.3 is 0 Å². The molecule has 0 saturated carbocycles. The summed E-state index contributed by atoms with van der Waals surface area (Å²) in [5.74, 6) is 5.84. The average Bonchev–Trinajstić information content (AvgIpc) is 2.21. The summed E-state index contributed by atoms with van der Waals surface area (Å²) in [6.45, 7) is 4.29. The highest BCUT2D eigenvalue weighted by Crippen LogP contribution is 2.25. The summed E-state index contributed by atoms with van der Waals surface area (Å²) in [5, 5.41) is 0. The first-order valence-electron chi connectivity index (χ1n) is 5.45. The maximum Gasteiger partial charge on any atom is 0.129 e. The van der Waals surface area contributed by atoms with Gasteiger partial charge in [-0.2, -0.15) is 0 Å². The Bertz CT molecular complexity index is 342. The van der Waals surface area contributed by atoms with Crippen LogP contribution in [0.3, 0.4) is 0 Å². The molecule has 16 heavy (non-hydrogen) atoms. The molecule has 0 spiro atoms. The number of hydrogen-bond acceptors (Lipinski definition) is 2. The van der Waals surface area contributed by atoms with Crippen LogP contribution in [0, 0.1) is 11.7 Å². The molecule has 0 heterocycles. The van der Waals surface area contributed by atoms with Crippen LogP contribution in [-0.4, -0.2) is 0 Å². The molecule has 1 rings (SSSR count). The molecule has 0 aliphatic rings. The van der Waals surface area contributed by atoms with Crippen LogP contribution in [0.4, 0.5) is 4.39 Å². The Morgan fingerprint density at radius 1 is 1.38 bits per heavy atom. The number of benzene rings is 1. The molecular weight excluding hydrogens is 271 g/mol. The Kier molecular flexibility index (Phi) is 5.38. The van der Waals surface area contributed by atoms with Gasteiger partial charge in [-0.25, -0.2) is 4.39 Å². The molecule has 90 valence electrons. The zero-order chi connectivity index (χ0) is 12.1. The monoisotopic (exact) mass is 288 g/mol. The summed E-state index contributed by atoms with van der Waals surface area (Å²) >= 11 is 3.24. The van der Waals surface area contributed by atoms with Gasteiger partial charge < -0.3 is 0 Å². The van der Waals surface area contributed by atoms with Crippen LogP contribution in [0.1, 0.15) is 38.3 Å². The predicted molar refractivity (Wildman–Crippen MR) is 68.2 cm³/mol. The van der Waals surface area contributed by atoms with E-state index < -0.39 is 0 Å². The van der Waals surface area contributed by atoms with Crippen LogP contribution in [0.15, 0.2) is 22.7 Å². The van der Waals surface area contributed by atoms with Crippen molar-refractivity contribution < 1.29 is 4.39 Å². The molecule has 0 aliphatic carbocycles. The first kappa shape index (κ1) is 13.6. The van der Waals surface area contributed by atoms with Crippen molar-refractivity contribution in [1.29, 1.82) is 0 Å². The maximum atomic E-state index is 13.7. The fourth-order valence-corrected chi connectivity index (χ4v) is 1.95. The molecule has 1 unspecified atom stereocenters. The average molecular weight is 289 g/mol. The minimum absolute atomic E-state index is 0.115. The van der Waals surface area contributed by atoms with E-state index in [1.54, 1.807) is 6.07 Å². The van der Waals surface area contributed by atoms with Gasteiger partial charge in [0.1, 0.15) is 5.82 Å². The van der Waals surface area contributed by atoms with E-state index in [1.165, 1.54) is 6.07 Å². The quantitative estimate of drug-likeness (QED) is 0.643. The fourth-order valence-electron chi connectivity index (χ4n) is 1.61. The van der Waals surface area contributed by atoms with Gasteiger partial charge in [-0.05, 0) is 30.9 Å². The van der Waals surface area contributed by atoms with E-state index in [0.29, 0.717) is 11.5 Å². The van der Waals surface area contributed by atoms with Crippen LogP contribution >= 0.6 is 15.9 Å². The number of halogens is 2. The van der Waals surface area contributed by atoms with Gasteiger partial charge in [0.15, 0.2) is 0 Å². The normalized spacial score (nSPS) is 13.1. The highest BCUT2D eigenvalue weighted by molar-refractivity contribution is 9.10. The van der Waals surface area contributed by atoms with Crippen LogP contribution in [0.25, 0.3) is 0 Å². The van der Waals surface area contributed by atoms with Crippen molar-refractivity contribution in [3.8, 4) is 0 Å². The van der Waals surface area contributed by atoms with Crippen molar-refractivity contribution >= 4 is 15.9 Å². The topological polar surface area (TPSA) is 38.0 Å². The first-order chi connectivity index (χ1) is 7.54. The van der Waals surface area contributed by atoms with Crippen molar-refractivity contribution in [2.24, 2.45) is 11.8 Å². The van der Waals surface area contributed by atoms with E-state index in [1.807, 2.05) is 6.07 Å². The molecule has 0 radical (unpaired) electrons. The number of nitrogens with one attached hydrogen (secondary N) is 1. The number of hydrazine groups is 1. The van der Waals surface area contributed by atoms with E-state index in [9.17, 15) is 4.39 Å². The maximum absolute atomic E-state index is 13.7. The third-order valence-electron chi connectivity index (χ3n) is 2.57. The van der Waals surface area contributed by atoms with Crippen molar-refractivity contribution in [3.05, 3.63) is 34.1 Å². The molecule has 0 bridgehead atoms.